The molecule has 0 saturated heterocycles. The fraction of sp³-hybridized carbons (Fsp3) is 0.345. The highest BCUT2D eigenvalue weighted by Gasteiger charge is 2.21. The maximum absolute atomic E-state index is 13.3. The summed E-state index contributed by atoms with van der Waals surface area (Å²) in [6.45, 7) is 2.35. The van der Waals surface area contributed by atoms with Crippen molar-refractivity contribution in [2.45, 2.75) is 58.4 Å². The molecule has 0 unspecified atom stereocenters. The molecule has 6 nitrogen and oxygen atoms in total. The summed E-state index contributed by atoms with van der Waals surface area (Å²) in [4.78, 5) is 37.8. The van der Waals surface area contributed by atoms with Gasteiger partial charge >= 0.3 is 11.7 Å². The van der Waals surface area contributed by atoms with Gasteiger partial charge in [-0.25, -0.2) is 14.2 Å². The van der Waals surface area contributed by atoms with Crippen LogP contribution in [0.4, 0.5) is 0 Å². The zero-order valence-corrected chi connectivity index (χ0v) is 20.2. The lowest BCUT2D eigenvalue weighted by Crippen LogP contribution is -2.30. The van der Waals surface area contributed by atoms with Crippen molar-refractivity contribution < 1.29 is 14.7 Å². The normalized spacial score (nSPS) is 14.4. The van der Waals surface area contributed by atoms with Crippen molar-refractivity contribution in [3.63, 3.8) is 0 Å². The van der Waals surface area contributed by atoms with Crippen molar-refractivity contribution >= 4 is 18.0 Å². The highest BCUT2D eigenvalue weighted by atomic mass is 16.4. The second kappa shape index (κ2) is 11.2. The molecule has 182 valence electrons. The van der Waals surface area contributed by atoms with E-state index in [1.54, 1.807) is 29.0 Å². The Morgan fingerprint density at radius 2 is 1.74 bits per heavy atom. The maximum Gasteiger partial charge on any atom is 0.336 e. The van der Waals surface area contributed by atoms with Crippen LogP contribution in [0.2, 0.25) is 0 Å². The van der Waals surface area contributed by atoms with E-state index in [0.717, 1.165) is 43.2 Å². The molecule has 0 atom stereocenters. The van der Waals surface area contributed by atoms with Gasteiger partial charge in [-0.15, -0.1) is 0 Å². The minimum atomic E-state index is -0.970. The van der Waals surface area contributed by atoms with Crippen LogP contribution in [0, 0.1) is 5.92 Å². The van der Waals surface area contributed by atoms with E-state index in [2.05, 4.69) is 0 Å². The molecule has 1 fully saturated rings. The Bertz CT molecular complexity index is 1270. The van der Waals surface area contributed by atoms with Crippen LogP contribution >= 0.6 is 0 Å². The van der Waals surface area contributed by atoms with Crippen LogP contribution in [-0.2, 0) is 6.54 Å². The molecule has 0 aliphatic heterocycles. The predicted octanol–water partition coefficient (Wildman–Crippen LogP) is 6.10. The van der Waals surface area contributed by atoms with Gasteiger partial charge < -0.3 is 5.11 Å². The van der Waals surface area contributed by atoms with Gasteiger partial charge in [0.05, 0.1) is 17.8 Å². The number of carboxylic acids is 1. The van der Waals surface area contributed by atoms with Crippen molar-refractivity contribution in [2.24, 2.45) is 5.92 Å². The van der Waals surface area contributed by atoms with E-state index in [-0.39, 0.29) is 17.2 Å². The third kappa shape index (κ3) is 5.70. The monoisotopic (exact) mass is 472 g/mol. The summed E-state index contributed by atoms with van der Waals surface area (Å²) in [6, 6.07) is 14.4. The first-order chi connectivity index (χ1) is 17.0. The lowest BCUT2D eigenvalue weighted by molar-refractivity contribution is 0.0697. The number of hydrogen-bond donors (Lipinski definition) is 1. The van der Waals surface area contributed by atoms with Gasteiger partial charge in [0.15, 0.2) is 0 Å². The number of nitrogens with zero attached hydrogens (tertiary/aromatic N) is 2. The van der Waals surface area contributed by atoms with Crippen LogP contribution in [0.15, 0.2) is 65.6 Å². The first-order valence-corrected chi connectivity index (χ1v) is 12.4. The molecule has 35 heavy (non-hydrogen) atoms. The second-order valence-corrected chi connectivity index (χ2v) is 9.25. The number of hydrogen-bond acceptors (Lipinski definition) is 3. The van der Waals surface area contributed by atoms with Crippen LogP contribution < -0.4 is 5.69 Å². The van der Waals surface area contributed by atoms with Crippen molar-refractivity contribution in [3.05, 3.63) is 88.1 Å². The molecule has 1 aromatic heterocycles. The highest BCUT2D eigenvalue weighted by molar-refractivity contribution is 5.96. The summed E-state index contributed by atoms with van der Waals surface area (Å²) in [5, 5.41) is 9.48. The summed E-state index contributed by atoms with van der Waals surface area (Å²) >= 11 is 0. The molecule has 0 radical (unpaired) electrons. The van der Waals surface area contributed by atoms with Gasteiger partial charge in [-0.05, 0) is 54.0 Å². The number of carbonyl (C=O) groups is 2. The summed E-state index contributed by atoms with van der Waals surface area (Å²) in [5.74, 6) is -0.738. The molecule has 1 heterocycles. The SMILES string of the molecule is CCC=Cc1cn(C(=O)CC2CCCCC2)c(=O)n1Cc1ccc(-c2ccccc2C(=O)O)cc1. The molecule has 4 rings (SSSR count). The molecule has 1 aliphatic rings. The average Bonchev–Trinajstić information content (AvgIpc) is 3.18. The summed E-state index contributed by atoms with van der Waals surface area (Å²) < 4.78 is 2.91. The molecule has 2 aromatic carbocycles. The Balaban J connectivity index is 1.59. The molecule has 6 heteroatoms. The van der Waals surface area contributed by atoms with Gasteiger partial charge in [0, 0.05) is 12.6 Å². The van der Waals surface area contributed by atoms with E-state index in [1.165, 1.54) is 11.0 Å². The summed E-state index contributed by atoms with van der Waals surface area (Å²) in [5.41, 5.74) is 2.97. The number of allylic oxidation sites excluding steroid dienone is 1. The molecule has 1 aliphatic carbocycles. The number of carboxylic acid groups (broad SMARTS) is 1. The number of rotatable bonds is 8. The molecular formula is C29H32N2O4. The van der Waals surface area contributed by atoms with Crippen LogP contribution in [0.1, 0.15) is 78.3 Å². The quantitative estimate of drug-likeness (QED) is 0.430. The zero-order chi connectivity index (χ0) is 24.8. The number of aromatic carboxylic acids is 1. The fourth-order valence-corrected chi connectivity index (χ4v) is 4.84. The second-order valence-electron chi connectivity index (χ2n) is 9.25. The first kappa shape index (κ1) is 24.5. The Labute approximate surface area is 205 Å². The van der Waals surface area contributed by atoms with Crippen LogP contribution in [0.25, 0.3) is 17.2 Å². The van der Waals surface area contributed by atoms with Gasteiger partial charge in [-0.3, -0.25) is 9.36 Å². The van der Waals surface area contributed by atoms with Crippen LogP contribution in [0.3, 0.4) is 0 Å². The topological polar surface area (TPSA) is 81.3 Å². The maximum atomic E-state index is 13.3. The molecule has 0 spiro atoms. The first-order valence-electron chi connectivity index (χ1n) is 12.4. The lowest BCUT2D eigenvalue weighted by atomic mass is 9.87. The number of imidazole rings is 1. The molecule has 0 bridgehead atoms. The predicted molar refractivity (Wildman–Crippen MR) is 138 cm³/mol. The third-order valence-electron chi connectivity index (χ3n) is 6.75. The van der Waals surface area contributed by atoms with E-state index in [4.69, 9.17) is 0 Å². The summed E-state index contributed by atoms with van der Waals surface area (Å²) in [7, 11) is 0. The van der Waals surface area contributed by atoms with Crippen molar-refractivity contribution in [3.8, 4) is 11.1 Å². The molecule has 0 amide bonds. The van der Waals surface area contributed by atoms with Crippen LogP contribution in [-0.4, -0.2) is 26.1 Å². The Morgan fingerprint density at radius 1 is 1.03 bits per heavy atom. The van der Waals surface area contributed by atoms with Gasteiger partial charge in [-0.2, -0.15) is 0 Å². The van der Waals surface area contributed by atoms with Crippen LogP contribution in [0.5, 0.6) is 0 Å². The van der Waals surface area contributed by atoms with Gasteiger partial charge in [0.1, 0.15) is 0 Å². The average molecular weight is 473 g/mol. The van der Waals surface area contributed by atoms with Crippen molar-refractivity contribution in [2.75, 3.05) is 0 Å². The molecular weight excluding hydrogens is 440 g/mol. The number of benzene rings is 2. The summed E-state index contributed by atoms with van der Waals surface area (Å²) in [6.07, 6.45) is 12.4. The Kier molecular flexibility index (Phi) is 7.80. The van der Waals surface area contributed by atoms with E-state index < -0.39 is 5.97 Å². The molecule has 1 N–H and O–H groups in total. The minimum absolute atomic E-state index is 0.132. The Hall–Kier alpha value is -3.67. The molecule has 3 aromatic rings. The zero-order valence-electron chi connectivity index (χ0n) is 20.2. The van der Waals surface area contributed by atoms with E-state index in [0.29, 0.717) is 30.1 Å². The minimum Gasteiger partial charge on any atom is -0.478 e. The van der Waals surface area contributed by atoms with E-state index >= 15 is 0 Å². The highest BCUT2D eigenvalue weighted by Crippen LogP contribution is 2.27. The molecule has 1 saturated carbocycles. The fourth-order valence-electron chi connectivity index (χ4n) is 4.84. The smallest absolute Gasteiger partial charge is 0.336 e. The van der Waals surface area contributed by atoms with Crippen molar-refractivity contribution in [1.29, 1.82) is 0 Å². The number of carbonyl (C=O) groups excluding carboxylic acids is 1. The van der Waals surface area contributed by atoms with E-state index in [9.17, 15) is 19.5 Å². The third-order valence-corrected chi connectivity index (χ3v) is 6.75. The number of aromatic nitrogens is 2. The largest absolute Gasteiger partial charge is 0.478 e. The standard InChI is InChI=1S/C29H32N2O4/c1-2-3-11-24-20-31(27(32)18-21-9-5-4-6-10-21)29(35)30(24)19-22-14-16-23(17-15-22)25-12-7-8-13-26(25)28(33)34/h3,7-8,11-17,20-21H,2,4-6,9-10,18-19H2,1H3,(H,33,34). The van der Waals surface area contributed by atoms with Gasteiger partial charge in [0.2, 0.25) is 5.91 Å². The van der Waals surface area contributed by atoms with E-state index in [1.807, 2.05) is 49.4 Å². The Morgan fingerprint density at radius 3 is 2.43 bits per heavy atom. The lowest BCUT2D eigenvalue weighted by Gasteiger charge is -2.20. The van der Waals surface area contributed by atoms with Gasteiger partial charge in [-0.1, -0.05) is 74.7 Å². The van der Waals surface area contributed by atoms with Crippen molar-refractivity contribution in [1.82, 2.24) is 9.13 Å². The van der Waals surface area contributed by atoms with Gasteiger partial charge in [0.25, 0.3) is 0 Å².